The Morgan fingerprint density at radius 3 is 2.68 bits per heavy atom. The lowest BCUT2D eigenvalue weighted by Gasteiger charge is -2.20. The summed E-state index contributed by atoms with van der Waals surface area (Å²) in [5.74, 6) is 2.39. The van der Waals surface area contributed by atoms with Crippen molar-refractivity contribution in [2.75, 3.05) is 18.9 Å². The number of benzene rings is 1. The molecule has 0 heterocycles. The fourth-order valence-electron chi connectivity index (χ4n) is 4.09. The molecule has 1 aromatic rings. The molecule has 4 nitrogen and oxygen atoms in total. The zero-order valence-corrected chi connectivity index (χ0v) is 15.6. The average Bonchev–Trinajstić information content (AvgIpc) is 3.21. The molecule has 0 saturated heterocycles. The molecule has 2 fully saturated rings. The number of hydrogen-bond donors (Lipinski definition) is 1. The number of esters is 1. The molecule has 3 atom stereocenters. The first-order chi connectivity index (χ1) is 12.1. The quantitative estimate of drug-likeness (QED) is 0.437. The van der Waals surface area contributed by atoms with Gasteiger partial charge in [-0.3, -0.25) is 9.59 Å². The van der Waals surface area contributed by atoms with Crippen LogP contribution in [0, 0.1) is 24.7 Å². The number of carbonyl (C=O) groups is 2. The molecule has 2 bridgehead atoms. The molecule has 0 aliphatic heterocycles. The predicted octanol–water partition coefficient (Wildman–Crippen LogP) is 3.57. The Kier molecular flexibility index (Phi) is 6.40. The second-order valence-electron chi connectivity index (χ2n) is 7.31. The molecular weight excluding hydrogens is 334 g/mol. The summed E-state index contributed by atoms with van der Waals surface area (Å²) in [7, 11) is 0. The van der Waals surface area contributed by atoms with Gasteiger partial charge in [-0.1, -0.05) is 24.1 Å². The van der Waals surface area contributed by atoms with E-state index in [1.165, 1.54) is 36.1 Å². The molecule has 0 radical (unpaired) electrons. The van der Waals surface area contributed by atoms with Crippen molar-refractivity contribution >= 4 is 23.6 Å². The molecule has 1 amide bonds. The molecule has 0 aromatic heterocycles. The van der Waals surface area contributed by atoms with Gasteiger partial charge in [-0.2, -0.15) is 0 Å². The highest BCUT2D eigenvalue weighted by Crippen LogP contribution is 2.49. The largest absolute Gasteiger partial charge is 0.456 e. The maximum absolute atomic E-state index is 11.9. The van der Waals surface area contributed by atoms with Crippen LogP contribution in [0.2, 0.25) is 0 Å². The number of hydrogen-bond acceptors (Lipinski definition) is 4. The van der Waals surface area contributed by atoms with Crippen LogP contribution in [0.3, 0.4) is 0 Å². The number of fused-ring (bicyclic) bond motifs is 2. The lowest BCUT2D eigenvalue weighted by atomic mass is 9.86. The Morgan fingerprint density at radius 2 is 2.00 bits per heavy atom. The second-order valence-corrected chi connectivity index (χ2v) is 8.48. The molecule has 2 saturated carbocycles. The van der Waals surface area contributed by atoms with Crippen LogP contribution in [0.15, 0.2) is 29.2 Å². The maximum atomic E-state index is 11.9. The summed E-state index contributed by atoms with van der Waals surface area (Å²) in [6, 6.07) is 8.33. The van der Waals surface area contributed by atoms with E-state index in [9.17, 15) is 9.59 Å². The number of amides is 1. The van der Waals surface area contributed by atoms with Gasteiger partial charge in [0.2, 0.25) is 0 Å². The topological polar surface area (TPSA) is 55.4 Å². The van der Waals surface area contributed by atoms with Gasteiger partial charge in [0.15, 0.2) is 6.61 Å². The minimum atomic E-state index is -0.221. The molecule has 3 rings (SSSR count). The third-order valence-corrected chi connectivity index (χ3v) is 6.41. The highest BCUT2D eigenvalue weighted by Gasteiger charge is 2.40. The molecule has 0 unspecified atom stereocenters. The van der Waals surface area contributed by atoms with Crippen LogP contribution in [0.4, 0.5) is 0 Å². The Balaban J connectivity index is 1.25. The summed E-state index contributed by atoms with van der Waals surface area (Å²) >= 11 is 1.70. The predicted molar refractivity (Wildman–Crippen MR) is 99.4 cm³/mol. The van der Waals surface area contributed by atoms with E-state index < -0.39 is 0 Å². The summed E-state index contributed by atoms with van der Waals surface area (Å²) < 4.78 is 5.14. The van der Waals surface area contributed by atoms with E-state index in [2.05, 4.69) is 36.5 Å². The monoisotopic (exact) mass is 361 g/mol. The number of aryl methyl sites for hydroxylation is 1. The third kappa shape index (κ3) is 5.50. The molecule has 0 spiro atoms. The van der Waals surface area contributed by atoms with Gasteiger partial charge in [-0.15, -0.1) is 11.8 Å². The normalized spacial score (nSPS) is 24.3. The van der Waals surface area contributed by atoms with Gasteiger partial charge in [-0.25, -0.2) is 0 Å². The van der Waals surface area contributed by atoms with E-state index in [-0.39, 0.29) is 18.5 Å². The van der Waals surface area contributed by atoms with Gasteiger partial charge in [0.1, 0.15) is 0 Å². The van der Waals surface area contributed by atoms with Crippen molar-refractivity contribution < 1.29 is 14.3 Å². The average molecular weight is 362 g/mol. The molecule has 136 valence electrons. The smallest absolute Gasteiger partial charge is 0.306 e. The van der Waals surface area contributed by atoms with E-state index >= 15 is 0 Å². The lowest BCUT2D eigenvalue weighted by Crippen LogP contribution is -2.31. The van der Waals surface area contributed by atoms with Gasteiger partial charge in [-0.05, 0) is 56.1 Å². The van der Waals surface area contributed by atoms with Crippen molar-refractivity contribution in [1.82, 2.24) is 5.32 Å². The zero-order chi connectivity index (χ0) is 17.6. The summed E-state index contributed by atoms with van der Waals surface area (Å²) in [4.78, 5) is 24.9. The number of nitrogens with one attached hydrogen (secondary N) is 1. The van der Waals surface area contributed by atoms with E-state index in [1.807, 2.05) is 0 Å². The highest BCUT2D eigenvalue weighted by molar-refractivity contribution is 7.99. The Morgan fingerprint density at radius 1 is 1.20 bits per heavy atom. The van der Waals surface area contributed by atoms with Gasteiger partial charge in [0.05, 0.1) is 0 Å². The lowest BCUT2D eigenvalue weighted by molar-refractivity contribution is -0.149. The summed E-state index contributed by atoms with van der Waals surface area (Å²) in [5, 5.41) is 2.80. The Bertz CT molecular complexity index is 601. The van der Waals surface area contributed by atoms with Crippen LogP contribution >= 0.6 is 11.8 Å². The van der Waals surface area contributed by atoms with Gasteiger partial charge >= 0.3 is 5.97 Å². The minimum absolute atomic E-state index is 0.158. The highest BCUT2D eigenvalue weighted by atomic mass is 32.2. The summed E-state index contributed by atoms with van der Waals surface area (Å²) in [6.07, 6.45) is 5.54. The molecule has 1 aromatic carbocycles. The van der Waals surface area contributed by atoms with Gasteiger partial charge in [0, 0.05) is 23.6 Å². The summed E-state index contributed by atoms with van der Waals surface area (Å²) in [6.45, 7) is 2.48. The van der Waals surface area contributed by atoms with Gasteiger partial charge < -0.3 is 10.1 Å². The van der Waals surface area contributed by atoms with Crippen LogP contribution in [0.25, 0.3) is 0 Å². The van der Waals surface area contributed by atoms with E-state index in [0.717, 1.165) is 11.7 Å². The van der Waals surface area contributed by atoms with Crippen LogP contribution in [0.1, 0.15) is 37.7 Å². The molecule has 5 heteroatoms. The maximum Gasteiger partial charge on any atom is 0.306 e. The fourth-order valence-corrected chi connectivity index (χ4v) is 4.86. The Hall–Kier alpha value is -1.49. The zero-order valence-electron chi connectivity index (χ0n) is 14.8. The van der Waals surface area contributed by atoms with Crippen molar-refractivity contribution in [2.45, 2.75) is 43.9 Å². The first-order valence-corrected chi connectivity index (χ1v) is 10.2. The van der Waals surface area contributed by atoms with Crippen molar-refractivity contribution in [3.8, 4) is 0 Å². The summed E-state index contributed by atoms with van der Waals surface area (Å²) in [5.41, 5.74) is 1.24. The first kappa shape index (κ1) is 18.3. The van der Waals surface area contributed by atoms with Gasteiger partial charge in [0.25, 0.3) is 5.91 Å². The minimum Gasteiger partial charge on any atom is -0.456 e. The molecule has 25 heavy (non-hydrogen) atoms. The molecule has 1 N–H and O–H groups in total. The number of rotatable bonds is 8. The number of thioether (sulfide) groups is 1. The standard InChI is InChI=1S/C20H27NO3S/c1-14-2-6-18(7-3-14)25-9-8-21-19(22)13-24-20(23)12-17-11-15-4-5-16(17)10-15/h2-3,6-7,15-17H,4-5,8-13H2,1H3,(H,21,22)/t15-,16-,17-/m1/s1. The fraction of sp³-hybridized carbons (Fsp3) is 0.600. The van der Waals surface area contributed by atoms with E-state index in [0.29, 0.717) is 24.8 Å². The van der Waals surface area contributed by atoms with Crippen LogP contribution in [0.5, 0.6) is 0 Å². The SMILES string of the molecule is Cc1ccc(SCCNC(=O)COC(=O)C[C@H]2C[C@@H]3CC[C@@H]2C3)cc1. The van der Waals surface area contributed by atoms with Crippen LogP contribution in [-0.2, 0) is 14.3 Å². The van der Waals surface area contributed by atoms with Crippen molar-refractivity contribution in [3.63, 3.8) is 0 Å². The molecule has 2 aliphatic rings. The van der Waals surface area contributed by atoms with Crippen LogP contribution < -0.4 is 5.32 Å². The van der Waals surface area contributed by atoms with Crippen LogP contribution in [-0.4, -0.2) is 30.8 Å². The van der Waals surface area contributed by atoms with Crippen molar-refractivity contribution in [3.05, 3.63) is 29.8 Å². The number of carbonyl (C=O) groups excluding carboxylic acids is 2. The van der Waals surface area contributed by atoms with Crippen molar-refractivity contribution in [2.24, 2.45) is 17.8 Å². The van der Waals surface area contributed by atoms with Crippen molar-refractivity contribution in [1.29, 1.82) is 0 Å². The Labute approximate surface area is 154 Å². The van der Waals surface area contributed by atoms with E-state index in [4.69, 9.17) is 4.74 Å². The molecular formula is C20H27NO3S. The first-order valence-electron chi connectivity index (χ1n) is 9.22. The second kappa shape index (κ2) is 8.75. The molecule has 2 aliphatic carbocycles. The third-order valence-electron chi connectivity index (χ3n) is 5.39. The number of ether oxygens (including phenoxy) is 1. The van der Waals surface area contributed by atoms with E-state index in [1.54, 1.807) is 11.8 Å².